The third-order valence-corrected chi connectivity index (χ3v) is 3.63. The third-order valence-electron chi connectivity index (χ3n) is 3.45. The van der Waals surface area contributed by atoms with Crippen LogP contribution in [-0.4, -0.2) is 12.4 Å². The molecule has 2 rings (SSSR count). The maximum absolute atomic E-state index is 13.3. The zero-order valence-corrected chi connectivity index (χ0v) is 10.4. The number of nitrogens with one attached hydrogen (secondary N) is 1. The molecule has 1 aromatic rings. The van der Waals surface area contributed by atoms with E-state index < -0.39 is 11.6 Å². The van der Waals surface area contributed by atoms with Crippen molar-refractivity contribution in [3.63, 3.8) is 0 Å². The van der Waals surface area contributed by atoms with Gasteiger partial charge in [0.25, 0.3) is 0 Å². The van der Waals surface area contributed by atoms with E-state index in [1.165, 1.54) is 18.2 Å². The molecule has 1 aliphatic carbocycles. The van der Waals surface area contributed by atoms with E-state index in [2.05, 4.69) is 5.32 Å². The number of benzene rings is 1. The minimum Gasteiger partial charge on any atom is -0.312 e. The molecule has 0 amide bonds. The Morgan fingerprint density at radius 2 is 1.88 bits per heavy atom. The first kappa shape index (κ1) is 12.8. The Kier molecular flexibility index (Phi) is 4.00. The standard InChI is InChI=1S/C13H16ClF2N/c14-7-6-13(4-5-13)9-17-8-10-11(15)2-1-3-12(10)16/h1-3,17H,4-9H2. The molecule has 1 aliphatic rings. The molecule has 17 heavy (non-hydrogen) atoms. The van der Waals surface area contributed by atoms with Crippen molar-refractivity contribution in [2.24, 2.45) is 5.41 Å². The summed E-state index contributed by atoms with van der Waals surface area (Å²) < 4.78 is 26.7. The first-order chi connectivity index (χ1) is 8.17. The van der Waals surface area contributed by atoms with E-state index >= 15 is 0 Å². The lowest BCUT2D eigenvalue weighted by atomic mass is 10.0. The highest BCUT2D eigenvalue weighted by Crippen LogP contribution is 2.48. The van der Waals surface area contributed by atoms with E-state index in [1.54, 1.807) is 0 Å². The van der Waals surface area contributed by atoms with Crippen LogP contribution in [0.3, 0.4) is 0 Å². The molecule has 1 N–H and O–H groups in total. The lowest BCUT2D eigenvalue weighted by Gasteiger charge is -2.14. The maximum atomic E-state index is 13.3. The molecule has 0 spiro atoms. The van der Waals surface area contributed by atoms with Gasteiger partial charge in [-0.1, -0.05) is 6.07 Å². The highest BCUT2D eigenvalue weighted by molar-refractivity contribution is 6.17. The van der Waals surface area contributed by atoms with Crippen LogP contribution in [0.25, 0.3) is 0 Å². The molecule has 0 unspecified atom stereocenters. The third kappa shape index (κ3) is 3.17. The predicted octanol–water partition coefficient (Wildman–Crippen LogP) is 3.46. The number of alkyl halides is 1. The summed E-state index contributed by atoms with van der Waals surface area (Å²) in [6.07, 6.45) is 3.29. The van der Waals surface area contributed by atoms with Gasteiger partial charge in [0.2, 0.25) is 0 Å². The van der Waals surface area contributed by atoms with Gasteiger partial charge in [-0.05, 0) is 36.8 Å². The van der Waals surface area contributed by atoms with Crippen LogP contribution < -0.4 is 5.32 Å². The summed E-state index contributed by atoms with van der Waals surface area (Å²) in [4.78, 5) is 0. The van der Waals surface area contributed by atoms with Crippen LogP contribution in [0.15, 0.2) is 18.2 Å². The topological polar surface area (TPSA) is 12.0 Å². The molecule has 1 saturated carbocycles. The van der Waals surface area contributed by atoms with Crippen molar-refractivity contribution in [2.75, 3.05) is 12.4 Å². The first-order valence-electron chi connectivity index (χ1n) is 5.86. The van der Waals surface area contributed by atoms with Crippen molar-refractivity contribution in [1.29, 1.82) is 0 Å². The van der Waals surface area contributed by atoms with Crippen LogP contribution in [0, 0.1) is 17.0 Å². The number of hydrogen-bond donors (Lipinski definition) is 1. The van der Waals surface area contributed by atoms with Crippen LogP contribution in [-0.2, 0) is 6.54 Å². The van der Waals surface area contributed by atoms with Crippen molar-refractivity contribution in [3.05, 3.63) is 35.4 Å². The largest absolute Gasteiger partial charge is 0.312 e. The highest BCUT2D eigenvalue weighted by atomic mass is 35.5. The van der Waals surface area contributed by atoms with Gasteiger partial charge in [-0.3, -0.25) is 0 Å². The summed E-state index contributed by atoms with van der Waals surface area (Å²) >= 11 is 5.72. The summed E-state index contributed by atoms with van der Waals surface area (Å²) in [5, 5.41) is 3.13. The van der Waals surface area contributed by atoms with Crippen molar-refractivity contribution in [3.8, 4) is 0 Å². The monoisotopic (exact) mass is 259 g/mol. The summed E-state index contributed by atoms with van der Waals surface area (Å²) in [7, 11) is 0. The summed E-state index contributed by atoms with van der Waals surface area (Å²) in [6, 6.07) is 3.95. The highest BCUT2D eigenvalue weighted by Gasteiger charge is 2.41. The van der Waals surface area contributed by atoms with Crippen molar-refractivity contribution in [1.82, 2.24) is 5.32 Å². The summed E-state index contributed by atoms with van der Waals surface area (Å²) in [5.41, 5.74) is 0.401. The molecule has 0 aromatic heterocycles. The van der Waals surface area contributed by atoms with E-state index in [0.29, 0.717) is 5.88 Å². The quantitative estimate of drug-likeness (QED) is 0.772. The number of rotatable bonds is 6. The van der Waals surface area contributed by atoms with Crippen LogP contribution in [0.2, 0.25) is 0 Å². The van der Waals surface area contributed by atoms with Gasteiger partial charge in [0.05, 0.1) is 0 Å². The van der Waals surface area contributed by atoms with Gasteiger partial charge < -0.3 is 5.32 Å². The van der Waals surface area contributed by atoms with Gasteiger partial charge in [0.1, 0.15) is 11.6 Å². The van der Waals surface area contributed by atoms with Crippen molar-refractivity contribution < 1.29 is 8.78 Å². The van der Waals surface area contributed by atoms with Crippen LogP contribution in [0.5, 0.6) is 0 Å². The molecule has 0 bridgehead atoms. The molecule has 4 heteroatoms. The van der Waals surface area contributed by atoms with Gasteiger partial charge in [0.15, 0.2) is 0 Å². The Labute approximate surface area is 105 Å². The summed E-state index contributed by atoms with van der Waals surface area (Å²) in [6.45, 7) is 1.02. The van der Waals surface area contributed by atoms with Gasteiger partial charge in [0, 0.05) is 24.5 Å². The normalized spacial score (nSPS) is 17.1. The SMILES string of the molecule is Fc1cccc(F)c1CNCC1(CCCl)CC1. The Hall–Kier alpha value is -0.670. The van der Waals surface area contributed by atoms with Crippen molar-refractivity contribution in [2.45, 2.75) is 25.8 Å². The van der Waals surface area contributed by atoms with Gasteiger partial charge in [-0.25, -0.2) is 8.78 Å². The minimum absolute atomic E-state index is 0.120. The van der Waals surface area contributed by atoms with E-state index in [0.717, 1.165) is 25.8 Å². The van der Waals surface area contributed by atoms with E-state index in [1.807, 2.05) is 0 Å². The van der Waals surface area contributed by atoms with Crippen LogP contribution in [0.1, 0.15) is 24.8 Å². The lowest BCUT2D eigenvalue weighted by molar-refractivity contribution is 0.436. The second-order valence-electron chi connectivity index (χ2n) is 4.74. The van der Waals surface area contributed by atoms with Crippen LogP contribution >= 0.6 is 11.6 Å². The van der Waals surface area contributed by atoms with Gasteiger partial charge in [-0.15, -0.1) is 11.6 Å². The molecule has 0 atom stereocenters. The van der Waals surface area contributed by atoms with Gasteiger partial charge >= 0.3 is 0 Å². The Bertz CT molecular complexity index is 371. The maximum Gasteiger partial charge on any atom is 0.130 e. The minimum atomic E-state index is -0.486. The molecule has 0 heterocycles. The Morgan fingerprint density at radius 3 is 2.41 bits per heavy atom. The van der Waals surface area contributed by atoms with E-state index in [4.69, 9.17) is 11.6 Å². The number of hydrogen-bond acceptors (Lipinski definition) is 1. The zero-order chi connectivity index (χ0) is 12.3. The average Bonchev–Trinajstić information content (AvgIpc) is 3.03. The lowest BCUT2D eigenvalue weighted by Crippen LogP contribution is -2.24. The fraction of sp³-hybridized carbons (Fsp3) is 0.538. The fourth-order valence-electron chi connectivity index (χ4n) is 2.05. The van der Waals surface area contributed by atoms with Crippen molar-refractivity contribution >= 4 is 11.6 Å². The Balaban J connectivity index is 1.86. The van der Waals surface area contributed by atoms with E-state index in [9.17, 15) is 8.78 Å². The van der Waals surface area contributed by atoms with Gasteiger partial charge in [-0.2, -0.15) is 0 Å². The molecule has 0 aliphatic heterocycles. The zero-order valence-electron chi connectivity index (χ0n) is 9.61. The fourth-order valence-corrected chi connectivity index (χ4v) is 2.45. The molecular formula is C13H16ClF2N. The average molecular weight is 260 g/mol. The Morgan fingerprint density at radius 1 is 1.24 bits per heavy atom. The first-order valence-corrected chi connectivity index (χ1v) is 6.40. The molecule has 94 valence electrons. The number of halogens is 3. The molecule has 0 radical (unpaired) electrons. The smallest absolute Gasteiger partial charge is 0.130 e. The molecule has 1 fully saturated rings. The second kappa shape index (κ2) is 5.32. The predicted molar refractivity (Wildman–Crippen MR) is 65.1 cm³/mol. The molecular weight excluding hydrogens is 244 g/mol. The molecule has 1 nitrogen and oxygen atoms in total. The molecule has 1 aromatic carbocycles. The van der Waals surface area contributed by atoms with E-state index in [-0.39, 0.29) is 17.5 Å². The molecule has 0 saturated heterocycles. The summed E-state index contributed by atoms with van der Waals surface area (Å²) in [5.74, 6) is -0.324. The van der Waals surface area contributed by atoms with Crippen LogP contribution in [0.4, 0.5) is 8.78 Å². The second-order valence-corrected chi connectivity index (χ2v) is 5.12.